The van der Waals surface area contributed by atoms with E-state index in [1.165, 1.54) is 12.1 Å². The summed E-state index contributed by atoms with van der Waals surface area (Å²) in [5.74, 6) is -0.0397. The van der Waals surface area contributed by atoms with Crippen molar-refractivity contribution >= 4 is 17.4 Å². The summed E-state index contributed by atoms with van der Waals surface area (Å²) in [7, 11) is 0. The molecule has 0 saturated carbocycles. The first-order valence-corrected chi connectivity index (χ1v) is 4.73. The van der Waals surface area contributed by atoms with Crippen LogP contribution in [0.25, 0.3) is 11.3 Å². The molecule has 0 spiro atoms. The Morgan fingerprint density at radius 1 is 1.47 bits per heavy atom. The summed E-state index contributed by atoms with van der Waals surface area (Å²) in [4.78, 5) is 0. The topological polar surface area (TPSA) is 54.7 Å². The maximum absolute atomic E-state index is 13.2. The molecule has 0 unspecified atom stereocenters. The van der Waals surface area contributed by atoms with E-state index >= 15 is 0 Å². The third kappa shape index (κ3) is 1.68. The number of halogens is 2. The first kappa shape index (κ1) is 9.98. The van der Waals surface area contributed by atoms with Crippen LogP contribution in [0.5, 0.6) is 0 Å². The molecule has 2 aromatic rings. The van der Waals surface area contributed by atoms with Crippen molar-refractivity contribution in [3.8, 4) is 11.3 Å². The van der Waals surface area contributed by atoms with Crippen LogP contribution in [-0.4, -0.2) is 10.2 Å². The van der Waals surface area contributed by atoms with Crippen LogP contribution in [0.2, 0.25) is 5.02 Å². The van der Waals surface area contributed by atoms with E-state index in [1.54, 1.807) is 6.07 Å². The molecule has 0 bridgehead atoms. The number of nitrogens with one attached hydrogen (secondary N) is 1. The second-order valence-corrected chi connectivity index (χ2v) is 3.64. The van der Waals surface area contributed by atoms with Gasteiger partial charge in [0, 0.05) is 11.1 Å². The highest BCUT2D eigenvalue weighted by Gasteiger charge is 2.09. The van der Waals surface area contributed by atoms with Gasteiger partial charge in [-0.25, -0.2) is 4.39 Å². The number of hydrogen-bond donors (Lipinski definition) is 2. The highest BCUT2D eigenvalue weighted by atomic mass is 35.5. The molecule has 3 N–H and O–H groups in total. The van der Waals surface area contributed by atoms with E-state index < -0.39 is 5.82 Å². The average molecular weight is 226 g/mol. The third-order valence-corrected chi connectivity index (χ3v) is 2.56. The summed E-state index contributed by atoms with van der Waals surface area (Å²) in [6, 6.07) is 4.57. The van der Waals surface area contributed by atoms with Crippen molar-refractivity contribution in [2.75, 3.05) is 5.73 Å². The molecule has 0 fully saturated rings. The van der Waals surface area contributed by atoms with Crippen molar-refractivity contribution in [2.24, 2.45) is 0 Å². The van der Waals surface area contributed by atoms with Crippen molar-refractivity contribution < 1.29 is 4.39 Å². The number of aromatic nitrogens is 2. The normalized spacial score (nSPS) is 10.6. The van der Waals surface area contributed by atoms with Gasteiger partial charge in [0.2, 0.25) is 0 Å². The fraction of sp³-hybridized carbons (Fsp3) is 0.100. The van der Waals surface area contributed by atoms with Gasteiger partial charge in [0.25, 0.3) is 0 Å². The molecule has 1 aromatic heterocycles. The zero-order valence-corrected chi connectivity index (χ0v) is 8.77. The standard InChI is InChI=1S/C10H9ClFN3/c1-5-9(14-15-10(5)13)6-2-3-7(11)8(12)4-6/h2-4H,1H3,(H3,13,14,15). The Balaban J connectivity index is 2.55. The molecule has 0 amide bonds. The number of nitrogen functional groups attached to an aromatic ring is 1. The van der Waals surface area contributed by atoms with Gasteiger partial charge in [-0.2, -0.15) is 5.10 Å². The van der Waals surface area contributed by atoms with E-state index in [-0.39, 0.29) is 5.02 Å². The maximum Gasteiger partial charge on any atom is 0.148 e. The number of benzene rings is 1. The number of aromatic amines is 1. The van der Waals surface area contributed by atoms with Crippen LogP contribution in [0.3, 0.4) is 0 Å². The first-order valence-electron chi connectivity index (χ1n) is 4.35. The lowest BCUT2D eigenvalue weighted by Crippen LogP contribution is -1.87. The predicted molar refractivity (Wildman–Crippen MR) is 58.1 cm³/mol. The van der Waals surface area contributed by atoms with Crippen molar-refractivity contribution in [1.82, 2.24) is 10.2 Å². The van der Waals surface area contributed by atoms with Gasteiger partial charge in [0.1, 0.15) is 11.6 Å². The molecule has 0 aliphatic rings. The number of rotatable bonds is 1. The molecule has 2 rings (SSSR count). The minimum Gasteiger partial charge on any atom is -0.382 e. The van der Waals surface area contributed by atoms with Crippen LogP contribution in [0, 0.1) is 12.7 Å². The van der Waals surface area contributed by atoms with Crippen LogP contribution >= 0.6 is 11.6 Å². The fourth-order valence-electron chi connectivity index (χ4n) is 1.34. The minimum absolute atomic E-state index is 0.101. The second kappa shape index (κ2) is 3.55. The van der Waals surface area contributed by atoms with Gasteiger partial charge >= 0.3 is 0 Å². The Kier molecular flexibility index (Phi) is 2.36. The summed E-state index contributed by atoms with van der Waals surface area (Å²) >= 11 is 5.59. The molecule has 78 valence electrons. The Morgan fingerprint density at radius 2 is 2.20 bits per heavy atom. The van der Waals surface area contributed by atoms with E-state index in [1.807, 2.05) is 6.92 Å². The molecular formula is C10H9ClFN3. The maximum atomic E-state index is 13.2. The van der Waals surface area contributed by atoms with E-state index in [9.17, 15) is 4.39 Å². The van der Waals surface area contributed by atoms with Crippen LogP contribution in [-0.2, 0) is 0 Å². The summed E-state index contributed by atoms with van der Waals surface area (Å²) in [5.41, 5.74) is 7.78. The van der Waals surface area contributed by atoms with Gasteiger partial charge in [-0.1, -0.05) is 17.7 Å². The number of hydrogen-bond acceptors (Lipinski definition) is 2. The molecule has 0 aliphatic carbocycles. The van der Waals surface area contributed by atoms with Crippen molar-refractivity contribution in [1.29, 1.82) is 0 Å². The predicted octanol–water partition coefficient (Wildman–Crippen LogP) is 2.76. The zero-order valence-electron chi connectivity index (χ0n) is 8.01. The molecule has 15 heavy (non-hydrogen) atoms. The molecule has 5 heteroatoms. The van der Waals surface area contributed by atoms with Crippen molar-refractivity contribution in [3.05, 3.63) is 34.6 Å². The first-order chi connectivity index (χ1) is 7.09. The van der Waals surface area contributed by atoms with Crippen molar-refractivity contribution in [2.45, 2.75) is 6.92 Å². The van der Waals surface area contributed by atoms with E-state index in [2.05, 4.69) is 10.2 Å². The molecule has 3 nitrogen and oxygen atoms in total. The van der Waals surface area contributed by atoms with E-state index in [0.29, 0.717) is 17.1 Å². The van der Waals surface area contributed by atoms with Gasteiger partial charge in [-0.3, -0.25) is 5.10 Å². The molecule has 1 aromatic carbocycles. The van der Waals surface area contributed by atoms with Crippen LogP contribution in [0.15, 0.2) is 18.2 Å². The SMILES string of the molecule is Cc1c(N)n[nH]c1-c1ccc(Cl)c(F)c1. The van der Waals surface area contributed by atoms with Gasteiger partial charge in [-0.05, 0) is 19.1 Å². The van der Waals surface area contributed by atoms with Gasteiger partial charge in [0.15, 0.2) is 0 Å². The molecule has 0 radical (unpaired) electrons. The summed E-state index contributed by atoms with van der Waals surface area (Å²) < 4.78 is 13.2. The highest BCUT2D eigenvalue weighted by molar-refractivity contribution is 6.30. The van der Waals surface area contributed by atoms with Crippen LogP contribution in [0.4, 0.5) is 10.2 Å². The smallest absolute Gasteiger partial charge is 0.148 e. The molecule has 1 heterocycles. The van der Waals surface area contributed by atoms with Crippen LogP contribution < -0.4 is 5.73 Å². The van der Waals surface area contributed by atoms with E-state index in [4.69, 9.17) is 17.3 Å². The highest BCUT2D eigenvalue weighted by Crippen LogP contribution is 2.27. The quantitative estimate of drug-likeness (QED) is 0.784. The summed E-state index contributed by atoms with van der Waals surface area (Å²) in [5, 5.41) is 6.69. The Morgan fingerprint density at radius 3 is 2.73 bits per heavy atom. The zero-order chi connectivity index (χ0) is 11.0. The lowest BCUT2D eigenvalue weighted by molar-refractivity contribution is 0.628. The third-order valence-electron chi connectivity index (χ3n) is 2.26. The number of nitrogens with zero attached hydrogens (tertiary/aromatic N) is 1. The van der Waals surface area contributed by atoms with Crippen molar-refractivity contribution in [3.63, 3.8) is 0 Å². The molecule has 0 aliphatic heterocycles. The Labute approximate surface area is 91.1 Å². The van der Waals surface area contributed by atoms with Gasteiger partial charge in [-0.15, -0.1) is 0 Å². The molecule has 0 atom stereocenters. The monoisotopic (exact) mass is 225 g/mol. The largest absolute Gasteiger partial charge is 0.382 e. The minimum atomic E-state index is -0.457. The molecular weight excluding hydrogens is 217 g/mol. The average Bonchev–Trinajstić information content (AvgIpc) is 2.53. The fourth-order valence-corrected chi connectivity index (χ4v) is 1.46. The number of H-pyrrole nitrogens is 1. The Hall–Kier alpha value is -1.55. The summed E-state index contributed by atoms with van der Waals surface area (Å²) in [6.45, 7) is 1.82. The molecule has 0 saturated heterocycles. The number of nitrogens with two attached hydrogens (primary N) is 1. The van der Waals surface area contributed by atoms with Crippen LogP contribution in [0.1, 0.15) is 5.56 Å². The van der Waals surface area contributed by atoms with Gasteiger partial charge in [0.05, 0.1) is 10.7 Å². The van der Waals surface area contributed by atoms with Gasteiger partial charge < -0.3 is 5.73 Å². The summed E-state index contributed by atoms with van der Waals surface area (Å²) in [6.07, 6.45) is 0. The number of anilines is 1. The second-order valence-electron chi connectivity index (χ2n) is 3.24. The lowest BCUT2D eigenvalue weighted by Gasteiger charge is -2.01. The Bertz CT molecular complexity index is 507. The lowest BCUT2D eigenvalue weighted by atomic mass is 10.1. The van der Waals surface area contributed by atoms with E-state index in [0.717, 1.165) is 5.56 Å².